The van der Waals surface area contributed by atoms with Crippen molar-refractivity contribution in [3.8, 4) is 0 Å². The van der Waals surface area contributed by atoms with E-state index < -0.39 is 5.82 Å². The molecule has 1 aliphatic rings. The Morgan fingerprint density at radius 1 is 1.27 bits per heavy atom. The molecule has 0 spiro atoms. The van der Waals surface area contributed by atoms with Gasteiger partial charge in [0.1, 0.15) is 5.82 Å². The van der Waals surface area contributed by atoms with E-state index in [1.54, 1.807) is 30.3 Å². The van der Waals surface area contributed by atoms with Gasteiger partial charge in [-0.25, -0.2) is 9.38 Å². The van der Waals surface area contributed by atoms with Crippen molar-refractivity contribution >= 4 is 57.8 Å². The van der Waals surface area contributed by atoms with Crippen LogP contribution in [0.1, 0.15) is 12.5 Å². The zero-order valence-electron chi connectivity index (χ0n) is 13.5. The molecule has 26 heavy (non-hydrogen) atoms. The summed E-state index contributed by atoms with van der Waals surface area (Å²) in [5.41, 5.74) is 1.42. The number of hydrogen-bond acceptors (Lipinski definition) is 4. The van der Waals surface area contributed by atoms with E-state index in [1.807, 2.05) is 0 Å². The molecule has 1 fully saturated rings. The van der Waals surface area contributed by atoms with Crippen LogP contribution in [0.25, 0.3) is 6.08 Å². The molecule has 8 heteroatoms. The highest BCUT2D eigenvalue weighted by Gasteiger charge is 2.24. The predicted octanol–water partition coefficient (Wildman–Crippen LogP) is 4.33. The maximum absolute atomic E-state index is 13.9. The molecule has 0 aliphatic carbocycles. The van der Waals surface area contributed by atoms with Crippen molar-refractivity contribution in [2.45, 2.75) is 6.92 Å². The van der Waals surface area contributed by atoms with Gasteiger partial charge < -0.3 is 10.6 Å². The van der Waals surface area contributed by atoms with E-state index in [2.05, 4.69) is 15.6 Å². The number of aliphatic imine (C=N–C) groups is 1. The molecule has 2 aromatic carbocycles. The number of anilines is 1. The van der Waals surface area contributed by atoms with E-state index in [-0.39, 0.29) is 22.4 Å². The molecule has 0 radical (unpaired) electrons. The first-order chi connectivity index (χ1) is 12.4. The summed E-state index contributed by atoms with van der Waals surface area (Å²) >= 11 is 7.08. The molecule has 2 N–H and O–H groups in total. The van der Waals surface area contributed by atoms with Crippen LogP contribution < -0.4 is 10.6 Å². The molecular weight excluding hydrogens is 377 g/mol. The molecule has 0 aromatic heterocycles. The molecule has 5 nitrogen and oxygen atoms in total. The van der Waals surface area contributed by atoms with Crippen molar-refractivity contribution in [3.05, 3.63) is 63.8 Å². The topological polar surface area (TPSA) is 70.6 Å². The van der Waals surface area contributed by atoms with Crippen molar-refractivity contribution in [2.24, 2.45) is 4.99 Å². The van der Waals surface area contributed by atoms with E-state index >= 15 is 0 Å². The lowest BCUT2D eigenvalue weighted by molar-refractivity contribution is -0.115. The highest BCUT2D eigenvalue weighted by molar-refractivity contribution is 8.18. The van der Waals surface area contributed by atoms with Crippen LogP contribution in [0.15, 0.2) is 52.4 Å². The average Bonchev–Trinajstić information content (AvgIpc) is 2.92. The Kier molecular flexibility index (Phi) is 5.39. The summed E-state index contributed by atoms with van der Waals surface area (Å²) in [4.78, 5) is 27.7. The number of nitrogens with zero attached hydrogens (tertiary/aromatic N) is 1. The van der Waals surface area contributed by atoms with E-state index in [4.69, 9.17) is 11.6 Å². The van der Waals surface area contributed by atoms with Crippen molar-refractivity contribution < 1.29 is 14.0 Å². The number of benzene rings is 2. The van der Waals surface area contributed by atoms with Crippen LogP contribution in [0.4, 0.5) is 15.8 Å². The fraction of sp³-hybridized carbons (Fsp3) is 0.0556. The average molecular weight is 390 g/mol. The molecule has 0 saturated carbocycles. The molecule has 3 rings (SSSR count). The minimum Gasteiger partial charge on any atom is -0.326 e. The quantitative estimate of drug-likeness (QED) is 0.767. The van der Waals surface area contributed by atoms with Crippen molar-refractivity contribution in [1.82, 2.24) is 5.32 Å². The number of rotatable bonds is 3. The van der Waals surface area contributed by atoms with E-state index in [9.17, 15) is 14.0 Å². The number of halogens is 2. The van der Waals surface area contributed by atoms with Crippen molar-refractivity contribution in [2.75, 3.05) is 5.32 Å². The van der Waals surface area contributed by atoms with Crippen LogP contribution in [0.3, 0.4) is 0 Å². The molecule has 132 valence electrons. The number of hydrogen-bond donors (Lipinski definition) is 2. The predicted molar refractivity (Wildman–Crippen MR) is 103 cm³/mol. The standard InChI is InChI=1S/C18H13ClFN3O2S/c1-10(24)21-11-5-7-12(8-6-11)22-18-23-17(25)16(26-18)9-13-14(19)3-2-4-15(13)20/h2-9H,1H3,(H,21,24)(H,22,23,25). The van der Waals surface area contributed by atoms with E-state index in [0.717, 1.165) is 11.8 Å². The number of nitrogens with one attached hydrogen (secondary N) is 2. The van der Waals surface area contributed by atoms with Gasteiger partial charge in [-0.15, -0.1) is 0 Å². The first kappa shape index (κ1) is 18.2. The summed E-state index contributed by atoms with van der Waals surface area (Å²) in [5, 5.41) is 5.89. The zero-order chi connectivity index (χ0) is 18.7. The fourth-order valence-electron chi connectivity index (χ4n) is 2.20. The van der Waals surface area contributed by atoms with Crippen LogP contribution in [0.2, 0.25) is 5.02 Å². The number of amidine groups is 1. The fourth-order valence-corrected chi connectivity index (χ4v) is 3.24. The lowest BCUT2D eigenvalue weighted by Gasteiger charge is -2.02. The van der Waals surface area contributed by atoms with Gasteiger partial charge in [0.2, 0.25) is 5.91 Å². The number of carbonyl (C=O) groups excluding carboxylic acids is 2. The molecule has 0 atom stereocenters. The lowest BCUT2D eigenvalue weighted by Crippen LogP contribution is -2.19. The zero-order valence-corrected chi connectivity index (χ0v) is 15.1. The molecular formula is C18H13ClFN3O2S. The normalized spacial score (nSPS) is 16.8. The van der Waals surface area contributed by atoms with Crippen LogP contribution >= 0.6 is 23.4 Å². The maximum atomic E-state index is 13.9. The molecule has 0 unspecified atom stereocenters. The molecule has 2 amide bonds. The minimum absolute atomic E-state index is 0.160. The summed E-state index contributed by atoms with van der Waals surface area (Å²) in [7, 11) is 0. The first-order valence-corrected chi connectivity index (χ1v) is 8.73. The number of carbonyl (C=O) groups is 2. The summed E-state index contributed by atoms with van der Waals surface area (Å²) in [5.74, 6) is -1.04. The van der Waals surface area contributed by atoms with Gasteiger partial charge in [0.25, 0.3) is 5.91 Å². The van der Waals surface area contributed by atoms with Crippen LogP contribution in [-0.2, 0) is 9.59 Å². The van der Waals surface area contributed by atoms with Gasteiger partial charge in [0.15, 0.2) is 5.17 Å². The summed E-state index contributed by atoms with van der Waals surface area (Å²) in [6.07, 6.45) is 1.40. The van der Waals surface area contributed by atoms with Gasteiger partial charge in [0, 0.05) is 18.2 Å². The maximum Gasteiger partial charge on any atom is 0.264 e. The van der Waals surface area contributed by atoms with Gasteiger partial charge >= 0.3 is 0 Å². The Hall–Kier alpha value is -2.64. The van der Waals surface area contributed by atoms with Gasteiger partial charge in [-0.2, -0.15) is 0 Å². The first-order valence-electron chi connectivity index (χ1n) is 7.53. The number of thioether (sulfide) groups is 1. The minimum atomic E-state index is -0.502. The molecule has 0 bridgehead atoms. The second-order valence-electron chi connectivity index (χ2n) is 5.35. The molecule has 1 saturated heterocycles. The highest BCUT2D eigenvalue weighted by Crippen LogP contribution is 2.31. The van der Waals surface area contributed by atoms with Crippen LogP contribution in [0, 0.1) is 5.82 Å². The van der Waals surface area contributed by atoms with Crippen LogP contribution in [-0.4, -0.2) is 17.0 Å². The third-order valence-electron chi connectivity index (χ3n) is 3.34. The Labute approximate surface area is 158 Å². The van der Waals surface area contributed by atoms with Crippen LogP contribution in [0.5, 0.6) is 0 Å². The highest BCUT2D eigenvalue weighted by atomic mass is 35.5. The third kappa shape index (κ3) is 4.30. The van der Waals surface area contributed by atoms with E-state index in [1.165, 1.54) is 25.1 Å². The van der Waals surface area contributed by atoms with Gasteiger partial charge in [-0.05, 0) is 54.2 Å². The lowest BCUT2D eigenvalue weighted by atomic mass is 10.2. The summed E-state index contributed by atoms with van der Waals surface area (Å²) in [6, 6.07) is 11.2. The second kappa shape index (κ2) is 7.72. The largest absolute Gasteiger partial charge is 0.326 e. The molecule has 1 aliphatic heterocycles. The smallest absolute Gasteiger partial charge is 0.264 e. The Morgan fingerprint density at radius 2 is 2.00 bits per heavy atom. The molecule has 1 heterocycles. The number of amides is 2. The van der Waals surface area contributed by atoms with Gasteiger partial charge in [-0.3, -0.25) is 9.59 Å². The van der Waals surface area contributed by atoms with Crippen molar-refractivity contribution in [3.63, 3.8) is 0 Å². The van der Waals surface area contributed by atoms with Gasteiger partial charge in [-0.1, -0.05) is 17.7 Å². The van der Waals surface area contributed by atoms with Crippen molar-refractivity contribution in [1.29, 1.82) is 0 Å². The SMILES string of the molecule is CC(=O)Nc1ccc(N=C2NC(=O)C(=Cc3c(F)cccc3Cl)S2)cc1. The Balaban J connectivity index is 1.80. The Morgan fingerprint density at radius 3 is 2.65 bits per heavy atom. The Bertz CT molecular complexity index is 922. The van der Waals surface area contributed by atoms with E-state index in [0.29, 0.717) is 21.4 Å². The summed E-state index contributed by atoms with van der Waals surface area (Å²) < 4.78 is 13.9. The monoisotopic (exact) mass is 389 g/mol. The molecule has 2 aromatic rings. The third-order valence-corrected chi connectivity index (χ3v) is 4.58. The van der Waals surface area contributed by atoms with Gasteiger partial charge in [0.05, 0.1) is 15.6 Å². The summed E-state index contributed by atoms with van der Waals surface area (Å²) in [6.45, 7) is 1.43. The second-order valence-corrected chi connectivity index (χ2v) is 6.78.